The first kappa shape index (κ1) is 17.7. The van der Waals surface area contributed by atoms with Gasteiger partial charge in [-0.15, -0.1) is 0 Å². The van der Waals surface area contributed by atoms with Gasteiger partial charge in [-0.05, 0) is 19.4 Å². The van der Waals surface area contributed by atoms with Gasteiger partial charge in [-0.3, -0.25) is 0 Å². The minimum absolute atomic E-state index is 0.170. The Morgan fingerprint density at radius 1 is 1.38 bits per heavy atom. The van der Waals surface area contributed by atoms with E-state index in [1.807, 2.05) is 13.8 Å². The second kappa shape index (κ2) is 7.09. The lowest BCUT2D eigenvalue weighted by Gasteiger charge is -2.20. The van der Waals surface area contributed by atoms with Gasteiger partial charge in [-0.25, -0.2) is 13.2 Å². The molecular weight excluding hydrogens is 292 g/mol. The number of unbranched alkanes of at least 4 members (excludes halogenated alkanes) is 1. The molecule has 0 aliphatic carbocycles. The Labute approximate surface area is 126 Å². The second-order valence-electron chi connectivity index (χ2n) is 4.88. The van der Waals surface area contributed by atoms with Crippen LogP contribution in [0.25, 0.3) is 0 Å². The number of rotatable bonds is 7. The lowest BCUT2D eigenvalue weighted by molar-refractivity contribution is 0.0589. The molecule has 1 aromatic heterocycles. The van der Waals surface area contributed by atoms with Crippen molar-refractivity contribution in [2.24, 2.45) is 7.05 Å². The van der Waals surface area contributed by atoms with E-state index < -0.39 is 16.0 Å². The number of esters is 1. The Morgan fingerprint density at radius 3 is 2.48 bits per heavy atom. The number of hydrogen-bond donors (Lipinski definition) is 0. The highest BCUT2D eigenvalue weighted by Gasteiger charge is 2.29. The van der Waals surface area contributed by atoms with Crippen LogP contribution in [0.1, 0.15) is 42.9 Å². The molecule has 0 saturated heterocycles. The van der Waals surface area contributed by atoms with Crippen LogP contribution in [0.3, 0.4) is 0 Å². The van der Waals surface area contributed by atoms with Crippen molar-refractivity contribution in [2.75, 3.05) is 20.2 Å². The third-order valence-corrected chi connectivity index (χ3v) is 5.70. The number of carbonyl (C=O) groups excluding carboxylic acids is 1. The molecule has 0 amide bonds. The molecule has 0 fully saturated rings. The number of hydrogen-bond acceptors (Lipinski definition) is 4. The molecule has 0 bridgehead atoms. The highest BCUT2D eigenvalue weighted by molar-refractivity contribution is 7.89. The monoisotopic (exact) mass is 316 g/mol. The average molecular weight is 316 g/mol. The summed E-state index contributed by atoms with van der Waals surface area (Å²) in [6, 6.07) is 1.39. The van der Waals surface area contributed by atoms with E-state index in [1.165, 1.54) is 17.5 Å². The molecule has 7 heteroatoms. The van der Waals surface area contributed by atoms with Crippen molar-refractivity contribution < 1.29 is 17.9 Å². The summed E-state index contributed by atoms with van der Waals surface area (Å²) >= 11 is 0. The Morgan fingerprint density at radius 2 is 2.00 bits per heavy atom. The predicted molar refractivity (Wildman–Crippen MR) is 80.8 cm³/mol. The number of methoxy groups -OCH3 is 1. The maximum absolute atomic E-state index is 12.7. The second-order valence-corrected chi connectivity index (χ2v) is 6.79. The van der Waals surface area contributed by atoms with Crippen LogP contribution < -0.4 is 0 Å². The first-order valence-electron chi connectivity index (χ1n) is 7.05. The third kappa shape index (κ3) is 3.47. The molecular formula is C14H24N2O4S. The standard InChI is InChI=1S/C14H24N2O4S/c1-6-8-9-16(7-2)21(18,19)13-10-12(14(17)20-5)15(4)11(13)3/h10H,6-9H2,1-5H3. The van der Waals surface area contributed by atoms with Crippen molar-refractivity contribution in [1.29, 1.82) is 0 Å². The number of nitrogens with zero attached hydrogens (tertiary/aromatic N) is 2. The summed E-state index contributed by atoms with van der Waals surface area (Å²) in [5.41, 5.74) is 0.769. The van der Waals surface area contributed by atoms with E-state index in [2.05, 4.69) is 4.74 Å². The molecule has 0 unspecified atom stereocenters. The van der Waals surface area contributed by atoms with E-state index in [1.54, 1.807) is 18.5 Å². The smallest absolute Gasteiger partial charge is 0.354 e. The van der Waals surface area contributed by atoms with Crippen molar-refractivity contribution >= 4 is 16.0 Å². The van der Waals surface area contributed by atoms with Gasteiger partial charge in [0.2, 0.25) is 10.0 Å². The van der Waals surface area contributed by atoms with Gasteiger partial charge in [-0.2, -0.15) is 4.31 Å². The molecule has 120 valence electrons. The Kier molecular flexibility index (Phi) is 5.98. The molecule has 0 radical (unpaired) electrons. The number of ether oxygens (including phenoxy) is 1. The van der Waals surface area contributed by atoms with Crippen molar-refractivity contribution in [1.82, 2.24) is 8.87 Å². The fourth-order valence-corrected chi connectivity index (χ4v) is 3.91. The summed E-state index contributed by atoms with van der Waals surface area (Å²) in [4.78, 5) is 11.9. The molecule has 0 aromatic carbocycles. The Balaban J connectivity index is 3.28. The van der Waals surface area contributed by atoms with E-state index in [-0.39, 0.29) is 10.6 Å². The maximum Gasteiger partial charge on any atom is 0.354 e. The predicted octanol–water partition coefficient (Wildman–Crippen LogP) is 1.93. The maximum atomic E-state index is 12.7. The van der Waals surface area contributed by atoms with E-state index in [4.69, 9.17) is 0 Å². The van der Waals surface area contributed by atoms with Gasteiger partial charge >= 0.3 is 5.97 Å². The molecule has 0 atom stereocenters. The van der Waals surface area contributed by atoms with Gasteiger partial charge in [-0.1, -0.05) is 20.3 Å². The largest absolute Gasteiger partial charge is 0.464 e. The van der Waals surface area contributed by atoms with Gasteiger partial charge in [0.25, 0.3) is 0 Å². The topological polar surface area (TPSA) is 68.6 Å². The summed E-state index contributed by atoms with van der Waals surface area (Å²) in [6.45, 7) is 6.41. The number of carbonyl (C=O) groups is 1. The molecule has 0 aliphatic heterocycles. The molecule has 21 heavy (non-hydrogen) atoms. The minimum atomic E-state index is -3.59. The van der Waals surface area contributed by atoms with E-state index in [0.29, 0.717) is 18.8 Å². The van der Waals surface area contributed by atoms with Crippen LogP contribution in [0.15, 0.2) is 11.0 Å². The number of sulfonamides is 1. The molecule has 6 nitrogen and oxygen atoms in total. The fourth-order valence-electron chi connectivity index (χ4n) is 2.15. The van der Waals surface area contributed by atoms with E-state index in [9.17, 15) is 13.2 Å². The first-order valence-corrected chi connectivity index (χ1v) is 8.50. The Hall–Kier alpha value is -1.34. The summed E-state index contributed by atoms with van der Waals surface area (Å²) in [5.74, 6) is -0.543. The normalized spacial score (nSPS) is 11.9. The summed E-state index contributed by atoms with van der Waals surface area (Å²) < 4.78 is 33.1. The summed E-state index contributed by atoms with van der Waals surface area (Å²) in [6.07, 6.45) is 1.73. The Bertz CT molecular complexity index is 605. The van der Waals surface area contributed by atoms with E-state index in [0.717, 1.165) is 12.8 Å². The molecule has 0 N–H and O–H groups in total. The van der Waals surface area contributed by atoms with Gasteiger partial charge in [0.05, 0.1) is 7.11 Å². The van der Waals surface area contributed by atoms with Crippen LogP contribution in [0.5, 0.6) is 0 Å². The van der Waals surface area contributed by atoms with Crippen LogP contribution in [-0.2, 0) is 21.8 Å². The summed E-state index contributed by atoms with van der Waals surface area (Å²) in [5, 5.41) is 0. The molecule has 1 heterocycles. The van der Waals surface area contributed by atoms with Crippen LogP contribution in [0, 0.1) is 6.92 Å². The van der Waals surface area contributed by atoms with Crippen LogP contribution in [0.4, 0.5) is 0 Å². The average Bonchev–Trinajstić information content (AvgIpc) is 2.75. The van der Waals surface area contributed by atoms with Gasteiger partial charge in [0.1, 0.15) is 10.6 Å². The lowest BCUT2D eigenvalue weighted by Crippen LogP contribution is -2.32. The first-order chi connectivity index (χ1) is 9.81. The molecule has 0 aliphatic rings. The number of aromatic nitrogens is 1. The van der Waals surface area contributed by atoms with Crippen molar-refractivity contribution in [2.45, 2.75) is 38.5 Å². The van der Waals surface area contributed by atoms with Gasteiger partial charge in [0.15, 0.2) is 0 Å². The van der Waals surface area contributed by atoms with Crippen molar-refractivity contribution in [3.05, 3.63) is 17.5 Å². The van der Waals surface area contributed by atoms with Gasteiger partial charge < -0.3 is 9.30 Å². The zero-order chi connectivity index (χ0) is 16.2. The van der Waals surface area contributed by atoms with Gasteiger partial charge in [0, 0.05) is 25.8 Å². The zero-order valence-corrected chi connectivity index (χ0v) is 14.2. The van der Waals surface area contributed by atoms with Crippen LogP contribution in [0.2, 0.25) is 0 Å². The third-order valence-electron chi connectivity index (χ3n) is 3.62. The van der Waals surface area contributed by atoms with Crippen molar-refractivity contribution in [3.63, 3.8) is 0 Å². The molecule has 0 saturated carbocycles. The van der Waals surface area contributed by atoms with E-state index >= 15 is 0 Å². The molecule has 1 rings (SSSR count). The lowest BCUT2D eigenvalue weighted by atomic mass is 10.3. The highest BCUT2D eigenvalue weighted by Crippen LogP contribution is 2.24. The van der Waals surface area contributed by atoms with Crippen LogP contribution >= 0.6 is 0 Å². The SMILES string of the molecule is CCCCN(CC)S(=O)(=O)c1cc(C(=O)OC)n(C)c1C. The highest BCUT2D eigenvalue weighted by atomic mass is 32.2. The zero-order valence-electron chi connectivity index (χ0n) is 13.3. The fraction of sp³-hybridized carbons (Fsp3) is 0.643. The quantitative estimate of drug-likeness (QED) is 0.721. The minimum Gasteiger partial charge on any atom is -0.464 e. The molecule has 1 aromatic rings. The summed E-state index contributed by atoms with van der Waals surface area (Å²) in [7, 11) is -0.661. The van der Waals surface area contributed by atoms with Crippen molar-refractivity contribution in [3.8, 4) is 0 Å². The van der Waals surface area contributed by atoms with Crippen LogP contribution in [-0.4, -0.2) is 43.5 Å². The molecule has 0 spiro atoms.